The van der Waals surface area contributed by atoms with E-state index in [2.05, 4.69) is 10.2 Å². The molecule has 1 heterocycles. The molecule has 0 radical (unpaired) electrons. The zero-order chi connectivity index (χ0) is 15.9. The molecule has 0 saturated heterocycles. The van der Waals surface area contributed by atoms with Gasteiger partial charge >= 0.3 is 0 Å². The van der Waals surface area contributed by atoms with Crippen LogP contribution in [0.25, 0.3) is 0 Å². The van der Waals surface area contributed by atoms with Gasteiger partial charge in [0.2, 0.25) is 11.8 Å². The minimum atomic E-state index is -0.432. The van der Waals surface area contributed by atoms with Crippen molar-refractivity contribution in [2.75, 3.05) is 19.4 Å². The van der Waals surface area contributed by atoms with Crippen molar-refractivity contribution in [3.8, 4) is 0 Å². The van der Waals surface area contributed by atoms with Crippen LogP contribution in [0.3, 0.4) is 0 Å². The number of benzene rings is 1. The van der Waals surface area contributed by atoms with Crippen molar-refractivity contribution in [3.05, 3.63) is 29.8 Å². The molecule has 1 saturated carbocycles. The Labute approximate surface area is 131 Å². The predicted molar refractivity (Wildman–Crippen MR) is 85.3 cm³/mol. The first kappa shape index (κ1) is 15.0. The Bertz CT molecular complexity index is 593. The highest BCUT2D eigenvalue weighted by atomic mass is 16.2. The molecular weight excluding hydrogens is 278 g/mol. The van der Waals surface area contributed by atoms with Crippen LogP contribution in [0.1, 0.15) is 25.3 Å². The predicted octanol–water partition coefficient (Wildman–Crippen LogP) is 1.70. The molecule has 118 valence electrons. The van der Waals surface area contributed by atoms with Crippen molar-refractivity contribution in [1.29, 1.82) is 0 Å². The Kier molecular flexibility index (Phi) is 3.91. The van der Waals surface area contributed by atoms with Crippen molar-refractivity contribution in [3.63, 3.8) is 0 Å². The van der Waals surface area contributed by atoms with E-state index in [1.165, 1.54) is 0 Å². The number of carbonyl (C=O) groups is 2. The molecule has 3 rings (SSSR count). The second-order valence-corrected chi connectivity index (χ2v) is 6.57. The fraction of sp³-hybridized carbons (Fsp3) is 0.529. The van der Waals surface area contributed by atoms with Gasteiger partial charge in [-0.2, -0.15) is 0 Å². The van der Waals surface area contributed by atoms with Crippen LogP contribution < -0.4 is 5.32 Å². The maximum atomic E-state index is 12.8. The Hall–Kier alpha value is -1.88. The number of nitrogens with one attached hydrogen (secondary N) is 1. The van der Waals surface area contributed by atoms with E-state index >= 15 is 0 Å². The van der Waals surface area contributed by atoms with E-state index in [0.29, 0.717) is 12.6 Å². The average Bonchev–Trinajstić information content (AvgIpc) is 2.54. The molecule has 1 atom stereocenters. The first-order valence-corrected chi connectivity index (χ1v) is 7.83. The van der Waals surface area contributed by atoms with Gasteiger partial charge in [-0.05, 0) is 45.5 Å². The average molecular weight is 301 g/mol. The molecule has 1 unspecified atom stereocenters. The Balaban J connectivity index is 1.78. The van der Waals surface area contributed by atoms with E-state index in [0.717, 1.165) is 24.1 Å². The summed E-state index contributed by atoms with van der Waals surface area (Å²) >= 11 is 0. The van der Waals surface area contributed by atoms with Crippen LogP contribution in [0.4, 0.5) is 5.69 Å². The normalized spacial score (nSPS) is 27.7. The fourth-order valence-electron chi connectivity index (χ4n) is 3.19. The third-order valence-corrected chi connectivity index (χ3v) is 4.94. The van der Waals surface area contributed by atoms with E-state index < -0.39 is 6.04 Å². The lowest BCUT2D eigenvalue weighted by Gasteiger charge is -2.41. The fourth-order valence-corrected chi connectivity index (χ4v) is 3.19. The molecule has 1 aliphatic heterocycles. The number of amides is 2. The SMILES string of the molecule is CC1C(=O)Nc2ccccc2CN1C(=O)C1CC(N(C)C)C1. The van der Waals surface area contributed by atoms with Crippen LogP contribution >= 0.6 is 0 Å². The lowest BCUT2D eigenvalue weighted by atomic mass is 9.78. The molecule has 22 heavy (non-hydrogen) atoms. The highest BCUT2D eigenvalue weighted by molar-refractivity contribution is 5.98. The monoisotopic (exact) mass is 301 g/mol. The topological polar surface area (TPSA) is 52.7 Å². The molecular formula is C17H23N3O2. The maximum absolute atomic E-state index is 12.8. The zero-order valence-electron chi connectivity index (χ0n) is 13.4. The third-order valence-electron chi connectivity index (χ3n) is 4.94. The number of para-hydroxylation sites is 1. The van der Waals surface area contributed by atoms with Crippen LogP contribution in [0, 0.1) is 5.92 Å². The highest BCUT2D eigenvalue weighted by Gasteiger charge is 2.40. The minimum absolute atomic E-state index is 0.0490. The number of nitrogens with zero attached hydrogens (tertiary/aromatic N) is 2. The molecule has 0 spiro atoms. The Morgan fingerprint density at radius 1 is 1.27 bits per heavy atom. The summed E-state index contributed by atoms with van der Waals surface area (Å²) in [6.07, 6.45) is 1.77. The van der Waals surface area contributed by atoms with Crippen molar-refractivity contribution >= 4 is 17.5 Å². The number of hydrogen-bond donors (Lipinski definition) is 1. The summed E-state index contributed by atoms with van der Waals surface area (Å²) in [5.41, 5.74) is 1.81. The van der Waals surface area contributed by atoms with E-state index in [9.17, 15) is 9.59 Å². The zero-order valence-corrected chi connectivity index (χ0v) is 13.4. The number of anilines is 1. The molecule has 5 heteroatoms. The van der Waals surface area contributed by atoms with Gasteiger partial charge in [0.25, 0.3) is 0 Å². The maximum Gasteiger partial charge on any atom is 0.246 e. The molecule has 1 N–H and O–H groups in total. The van der Waals surface area contributed by atoms with Gasteiger partial charge in [-0.15, -0.1) is 0 Å². The van der Waals surface area contributed by atoms with Gasteiger partial charge in [-0.1, -0.05) is 18.2 Å². The van der Waals surface area contributed by atoms with Crippen molar-refractivity contribution in [2.24, 2.45) is 5.92 Å². The smallest absolute Gasteiger partial charge is 0.246 e. The number of fused-ring (bicyclic) bond motifs is 1. The second-order valence-electron chi connectivity index (χ2n) is 6.57. The van der Waals surface area contributed by atoms with Gasteiger partial charge in [-0.3, -0.25) is 9.59 Å². The molecule has 0 aromatic heterocycles. The van der Waals surface area contributed by atoms with Crippen LogP contribution in [0.5, 0.6) is 0 Å². The summed E-state index contributed by atoms with van der Waals surface area (Å²) in [5.74, 6) is 0.0483. The van der Waals surface area contributed by atoms with E-state index in [1.54, 1.807) is 11.8 Å². The molecule has 1 aliphatic carbocycles. The van der Waals surface area contributed by atoms with Crippen molar-refractivity contribution < 1.29 is 9.59 Å². The van der Waals surface area contributed by atoms with E-state index in [-0.39, 0.29) is 17.7 Å². The van der Waals surface area contributed by atoms with Crippen LogP contribution in [-0.2, 0) is 16.1 Å². The first-order valence-electron chi connectivity index (χ1n) is 7.83. The van der Waals surface area contributed by atoms with Gasteiger partial charge in [-0.25, -0.2) is 0 Å². The van der Waals surface area contributed by atoms with E-state index in [4.69, 9.17) is 0 Å². The summed E-state index contributed by atoms with van der Waals surface area (Å²) < 4.78 is 0. The second kappa shape index (κ2) is 5.72. The van der Waals surface area contributed by atoms with Crippen LogP contribution in [-0.4, -0.2) is 47.8 Å². The van der Waals surface area contributed by atoms with Crippen molar-refractivity contribution in [2.45, 2.75) is 38.4 Å². The summed E-state index contributed by atoms with van der Waals surface area (Å²) in [4.78, 5) is 29.0. The molecule has 1 fully saturated rings. The summed E-state index contributed by atoms with van der Waals surface area (Å²) in [5, 5.41) is 2.92. The molecule has 2 amide bonds. The summed E-state index contributed by atoms with van der Waals surface area (Å²) in [6.45, 7) is 2.30. The highest BCUT2D eigenvalue weighted by Crippen LogP contribution is 2.34. The number of carbonyl (C=O) groups excluding carboxylic acids is 2. The molecule has 5 nitrogen and oxygen atoms in total. The van der Waals surface area contributed by atoms with Gasteiger partial charge in [0.05, 0.1) is 0 Å². The van der Waals surface area contributed by atoms with Gasteiger partial charge in [0.15, 0.2) is 0 Å². The van der Waals surface area contributed by atoms with Crippen LogP contribution in [0.2, 0.25) is 0 Å². The Morgan fingerprint density at radius 2 is 1.95 bits per heavy atom. The number of hydrogen-bond acceptors (Lipinski definition) is 3. The van der Waals surface area contributed by atoms with Crippen LogP contribution in [0.15, 0.2) is 24.3 Å². The number of rotatable bonds is 2. The summed E-state index contributed by atoms with van der Waals surface area (Å²) in [7, 11) is 4.09. The molecule has 1 aromatic rings. The molecule has 0 bridgehead atoms. The van der Waals surface area contributed by atoms with Crippen molar-refractivity contribution in [1.82, 2.24) is 9.80 Å². The summed E-state index contributed by atoms with van der Waals surface area (Å²) in [6, 6.07) is 7.75. The lowest BCUT2D eigenvalue weighted by molar-refractivity contribution is -0.146. The van der Waals surface area contributed by atoms with Gasteiger partial charge < -0.3 is 15.1 Å². The van der Waals surface area contributed by atoms with E-state index in [1.807, 2.05) is 38.4 Å². The molecule has 1 aromatic carbocycles. The van der Waals surface area contributed by atoms with Gasteiger partial charge in [0.1, 0.15) is 6.04 Å². The quantitative estimate of drug-likeness (QED) is 0.904. The minimum Gasteiger partial charge on any atom is -0.326 e. The largest absolute Gasteiger partial charge is 0.326 e. The molecule has 2 aliphatic rings. The lowest BCUT2D eigenvalue weighted by Crippen LogP contribution is -2.51. The first-order chi connectivity index (χ1) is 10.5. The standard InChI is InChI=1S/C17H23N3O2/c1-11-16(21)18-15-7-5-4-6-12(15)10-20(11)17(22)13-8-14(9-13)19(2)3/h4-7,11,13-14H,8-10H2,1-3H3,(H,18,21). The third kappa shape index (κ3) is 2.61. The van der Waals surface area contributed by atoms with Gasteiger partial charge in [0, 0.05) is 24.2 Å². The Morgan fingerprint density at radius 3 is 2.64 bits per heavy atom.